The highest BCUT2D eigenvalue weighted by molar-refractivity contribution is 6.62. The fourth-order valence-corrected chi connectivity index (χ4v) is 5.94. The lowest BCUT2D eigenvalue weighted by molar-refractivity contribution is 0.0170. The van der Waals surface area contributed by atoms with E-state index in [9.17, 15) is 0 Å². The van der Waals surface area contributed by atoms with Crippen molar-refractivity contribution in [3.05, 3.63) is 0 Å². The summed E-state index contributed by atoms with van der Waals surface area (Å²) in [5.74, 6) is 0. The molecule has 1 rings (SSSR count). The summed E-state index contributed by atoms with van der Waals surface area (Å²) in [4.78, 5) is 0. The molecule has 1 fully saturated rings. The fraction of sp³-hybridized carbons (Fsp3) is 1.00. The van der Waals surface area contributed by atoms with Crippen molar-refractivity contribution in [2.45, 2.75) is 71.6 Å². The monoisotopic (exact) mass is 334 g/mol. The van der Waals surface area contributed by atoms with Gasteiger partial charge >= 0.3 is 8.80 Å². The number of epoxide rings is 1. The third-order valence-electron chi connectivity index (χ3n) is 3.95. The van der Waals surface area contributed by atoms with Crippen LogP contribution in [0.4, 0.5) is 0 Å². The molecule has 6 heteroatoms. The van der Waals surface area contributed by atoms with Crippen molar-refractivity contribution in [3.8, 4) is 0 Å². The van der Waals surface area contributed by atoms with Gasteiger partial charge in [-0.05, 0) is 40.0 Å². The van der Waals surface area contributed by atoms with Crippen molar-refractivity contribution >= 4 is 8.80 Å². The number of rotatable bonds is 14. The lowest BCUT2D eigenvalue weighted by Gasteiger charge is -2.36. The summed E-state index contributed by atoms with van der Waals surface area (Å²) < 4.78 is 29.4. The molecule has 1 aliphatic rings. The van der Waals surface area contributed by atoms with Gasteiger partial charge in [-0.2, -0.15) is 0 Å². The van der Waals surface area contributed by atoms with E-state index in [1.165, 1.54) is 0 Å². The molecule has 0 aromatic carbocycles. The summed E-state index contributed by atoms with van der Waals surface area (Å²) in [7, 11) is -2.66. The highest BCUT2D eigenvalue weighted by Crippen LogP contribution is 2.34. The van der Waals surface area contributed by atoms with Gasteiger partial charge in [-0.25, -0.2) is 0 Å². The average molecular weight is 335 g/mol. The topological polar surface area (TPSA) is 49.5 Å². The van der Waals surface area contributed by atoms with E-state index in [2.05, 4.69) is 13.8 Å². The summed E-state index contributed by atoms with van der Waals surface area (Å²) in [6.07, 6.45) is 3.40. The Morgan fingerprint density at radius 3 is 1.86 bits per heavy atom. The summed E-state index contributed by atoms with van der Waals surface area (Å²) in [5, 5.41) is 0. The molecule has 0 aromatic heterocycles. The van der Waals surface area contributed by atoms with Crippen LogP contribution < -0.4 is 0 Å². The van der Waals surface area contributed by atoms with Gasteiger partial charge in [0.15, 0.2) is 0 Å². The third-order valence-corrected chi connectivity index (χ3v) is 7.67. The van der Waals surface area contributed by atoms with Crippen molar-refractivity contribution in [3.63, 3.8) is 0 Å². The van der Waals surface area contributed by atoms with Crippen LogP contribution in [-0.4, -0.2) is 54.0 Å². The van der Waals surface area contributed by atoms with Gasteiger partial charge in [-0.3, -0.25) is 0 Å². The molecule has 0 spiro atoms. The lowest BCUT2D eigenvalue weighted by atomic mass is 10.1. The molecule has 0 amide bonds. The Hall–Kier alpha value is 0.0169. The Morgan fingerprint density at radius 2 is 1.50 bits per heavy atom. The van der Waals surface area contributed by atoms with Gasteiger partial charge in [0.2, 0.25) is 0 Å². The second-order valence-corrected chi connectivity index (χ2v) is 8.45. The minimum Gasteiger partial charge on any atom is -0.375 e. The molecular weight excluding hydrogens is 300 g/mol. The van der Waals surface area contributed by atoms with Crippen LogP contribution in [0.25, 0.3) is 0 Å². The van der Waals surface area contributed by atoms with Crippen LogP contribution in [0, 0.1) is 0 Å². The van der Waals surface area contributed by atoms with Crippen LogP contribution in [-0.2, 0) is 22.8 Å². The fourth-order valence-electron chi connectivity index (χ4n) is 2.72. The highest BCUT2D eigenvalue weighted by Gasteiger charge is 2.48. The molecule has 0 aromatic rings. The Balaban J connectivity index is 2.70. The maximum Gasteiger partial charge on any atom is 0.504 e. The molecule has 0 bridgehead atoms. The van der Waals surface area contributed by atoms with Crippen molar-refractivity contribution in [2.75, 3.05) is 33.0 Å². The van der Waals surface area contributed by atoms with Gasteiger partial charge in [0.05, 0.1) is 19.3 Å². The van der Waals surface area contributed by atoms with E-state index in [1.807, 2.05) is 20.8 Å². The third kappa shape index (κ3) is 6.26. The Morgan fingerprint density at radius 1 is 0.955 bits per heavy atom. The van der Waals surface area contributed by atoms with E-state index >= 15 is 0 Å². The van der Waals surface area contributed by atoms with Gasteiger partial charge in [0.25, 0.3) is 0 Å². The summed E-state index contributed by atoms with van der Waals surface area (Å²) in [6.45, 7) is 13.8. The predicted octanol–water partition coefficient (Wildman–Crippen LogP) is 3.40. The first-order valence-corrected chi connectivity index (χ1v) is 10.6. The second-order valence-electron chi connectivity index (χ2n) is 5.56. The highest BCUT2D eigenvalue weighted by atomic mass is 28.4. The molecule has 3 unspecified atom stereocenters. The zero-order valence-electron chi connectivity index (χ0n) is 14.9. The SMILES string of the molecule is CCO[Si](OCC)(OCC)C(CC)CC(CC)OCC1CO1. The summed E-state index contributed by atoms with van der Waals surface area (Å²) >= 11 is 0. The van der Waals surface area contributed by atoms with Gasteiger partial charge in [0.1, 0.15) is 6.10 Å². The van der Waals surface area contributed by atoms with Crippen LogP contribution in [0.2, 0.25) is 5.54 Å². The normalized spacial score (nSPS) is 20.9. The first-order chi connectivity index (χ1) is 10.7. The second kappa shape index (κ2) is 10.7. The van der Waals surface area contributed by atoms with E-state index in [4.69, 9.17) is 22.8 Å². The predicted molar refractivity (Wildman–Crippen MR) is 89.1 cm³/mol. The van der Waals surface area contributed by atoms with Gasteiger partial charge in [-0.1, -0.05) is 13.8 Å². The van der Waals surface area contributed by atoms with E-state index in [1.54, 1.807) is 0 Å². The molecular formula is C16H34O5Si. The van der Waals surface area contributed by atoms with Gasteiger partial charge < -0.3 is 22.8 Å². The van der Waals surface area contributed by atoms with Gasteiger partial charge in [-0.15, -0.1) is 0 Å². The Kier molecular flexibility index (Phi) is 9.78. The summed E-state index contributed by atoms with van der Waals surface area (Å²) in [5.41, 5.74) is 0.275. The molecule has 0 aliphatic carbocycles. The van der Waals surface area contributed by atoms with E-state index in [0.29, 0.717) is 32.5 Å². The number of hydrogen-bond donors (Lipinski definition) is 0. The molecule has 1 aliphatic heterocycles. The van der Waals surface area contributed by atoms with Crippen molar-refractivity contribution in [1.82, 2.24) is 0 Å². The zero-order valence-corrected chi connectivity index (χ0v) is 15.9. The van der Waals surface area contributed by atoms with Crippen LogP contribution in [0.3, 0.4) is 0 Å². The molecule has 1 saturated heterocycles. The largest absolute Gasteiger partial charge is 0.504 e. The molecule has 1 heterocycles. The smallest absolute Gasteiger partial charge is 0.375 e. The van der Waals surface area contributed by atoms with Crippen molar-refractivity contribution in [2.24, 2.45) is 0 Å². The minimum absolute atomic E-state index is 0.211. The maximum atomic E-state index is 6.06. The van der Waals surface area contributed by atoms with Gasteiger partial charge in [0, 0.05) is 25.4 Å². The first-order valence-electron chi connectivity index (χ1n) is 8.80. The molecule has 22 heavy (non-hydrogen) atoms. The van der Waals surface area contributed by atoms with Crippen LogP contribution in [0.1, 0.15) is 53.9 Å². The molecule has 132 valence electrons. The maximum absolute atomic E-state index is 6.06. The van der Waals surface area contributed by atoms with E-state index < -0.39 is 8.80 Å². The molecule has 0 N–H and O–H groups in total. The lowest BCUT2D eigenvalue weighted by Crippen LogP contribution is -2.51. The average Bonchev–Trinajstić information content (AvgIpc) is 3.32. The van der Waals surface area contributed by atoms with Crippen LogP contribution in [0.15, 0.2) is 0 Å². The van der Waals surface area contributed by atoms with Crippen LogP contribution in [0.5, 0.6) is 0 Å². The molecule has 3 atom stereocenters. The quantitative estimate of drug-likeness (QED) is 0.360. The van der Waals surface area contributed by atoms with E-state index in [0.717, 1.165) is 25.9 Å². The molecule has 0 saturated carbocycles. The number of ether oxygens (including phenoxy) is 2. The minimum atomic E-state index is -2.66. The standard InChI is InChI=1S/C16H34O5Si/c1-6-14(17-12-15-13-18-15)11-16(7-2)22(19-8-3,20-9-4)21-10-5/h14-16H,6-13H2,1-5H3. The molecule has 0 radical (unpaired) electrons. The first kappa shape index (κ1) is 20.1. The zero-order chi connectivity index (χ0) is 16.4. The molecule has 5 nitrogen and oxygen atoms in total. The van der Waals surface area contributed by atoms with Crippen molar-refractivity contribution in [1.29, 1.82) is 0 Å². The van der Waals surface area contributed by atoms with Crippen LogP contribution >= 0.6 is 0 Å². The Bertz CT molecular complexity index is 269. The number of hydrogen-bond acceptors (Lipinski definition) is 5. The van der Waals surface area contributed by atoms with Crippen molar-refractivity contribution < 1.29 is 22.8 Å². The summed E-state index contributed by atoms with van der Waals surface area (Å²) in [6, 6.07) is 0. The van der Waals surface area contributed by atoms with E-state index in [-0.39, 0.29) is 11.6 Å². The Labute approximate surface area is 137 Å².